The summed E-state index contributed by atoms with van der Waals surface area (Å²) in [6, 6.07) is 4.00. The Morgan fingerprint density at radius 1 is 1.55 bits per heavy atom. The number of aromatic nitrogens is 1. The molecule has 0 saturated heterocycles. The molecule has 2 atom stereocenters. The van der Waals surface area contributed by atoms with Crippen molar-refractivity contribution in [2.75, 3.05) is 7.11 Å². The van der Waals surface area contributed by atoms with E-state index in [1.54, 1.807) is 7.11 Å². The quantitative estimate of drug-likeness (QED) is 0.804. The van der Waals surface area contributed by atoms with Crippen LogP contribution >= 0.6 is 0 Å². The number of hydrogen-bond acceptors (Lipinski definition) is 4. The number of pyridine rings is 1. The molecule has 5 nitrogen and oxygen atoms in total. The second-order valence-corrected chi connectivity index (χ2v) is 5.05. The third-order valence-corrected chi connectivity index (χ3v) is 3.52. The molecule has 20 heavy (non-hydrogen) atoms. The number of carboxylic acids is 1. The normalized spacial score (nSPS) is 21.7. The average Bonchev–Trinajstić information content (AvgIpc) is 2.46. The molecule has 2 N–H and O–H groups in total. The van der Waals surface area contributed by atoms with Gasteiger partial charge in [-0.15, -0.1) is 0 Å². The SMILES string of the molecule is COc1nc(CN[C@H]2C=CC[C@H](C(=O)O)C2)ccc1C. The number of carboxylic acid groups (broad SMARTS) is 1. The Balaban J connectivity index is 1.93. The molecular formula is C15H20N2O3. The van der Waals surface area contributed by atoms with Crippen molar-refractivity contribution in [3.05, 3.63) is 35.5 Å². The number of rotatable bonds is 5. The minimum absolute atomic E-state index is 0.0824. The van der Waals surface area contributed by atoms with Gasteiger partial charge in [-0.25, -0.2) is 4.98 Å². The first-order chi connectivity index (χ1) is 9.60. The van der Waals surface area contributed by atoms with Gasteiger partial charge in [-0.3, -0.25) is 4.79 Å². The molecule has 0 unspecified atom stereocenters. The van der Waals surface area contributed by atoms with E-state index in [2.05, 4.69) is 10.3 Å². The highest BCUT2D eigenvalue weighted by atomic mass is 16.5. The number of methoxy groups -OCH3 is 1. The topological polar surface area (TPSA) is 71.5 Å². The van der Waals surface area contributed by atoms with Gasteiger partial charge in [0, 0.05) is 18.2 Å². The van der Waals surface area contributed by atoms with E-state index >= 15 is 0 Å². The van der Waals surface area contributed by atoms with E-state index in [1.807, 2.05) is 31.2 Å². The molecule has 0 spiro atoms. The Hall–Kier alpha value is -1.88. The van der Waals surface area contributed by atoms with Gasteiger partial charge in [0.05, 0.1) is 18.7 Å². The predicted octanol–water partition coefficient (Wildman–Crippen LogP) is 1.91. The molecular weight excluding hydrogens is 256 g/mol. The molecule has 0 aromatic carbocycles. The maximum atomic E-state index is 11.0. The van der Waals surface area contributed by atoms with Crippen LogP contribution < -0.4 is 10.1 Å². The molecule has 1 heterocycles. The summed E-state index contributed by atoms with van der Waals surface area (Å²) in [6.07, 6.45) is 5.20. The van der Waals surface area contributed by atoms with Gasteiger partial charge in [-0.1, -0.05) is 18.2 Å². The Bertz CT molecular complexity index is 514. The van der Waals surface area contributed by atoms with Gasteiger partial charge in [0.25, 0.3) is 0 Å². The summed E-state index contributed by atoms with van der Waals surface area (Å²) in [5, 5.41) is 12.4. The average molecular weight is 276 g/mol. The predicted molar refractivity (Wildman–Crippen MR) is 75.7 cm³/mol. The summed E-state index contributed by atoms with van der Waals surface area (Å²) in [7, 11) is 1.61. The van der Waals surface area contributed by atoms with Crippen LogP contribution in [0.4, 0.5) is 0 Å². The number of nitrogens with one attached hydrogen (secondary N) is 1. The molecule has 0 fully saturated rings. The second-order valence-electron chi connectivity index (χ2n) is 5.05. The minimum atomic E-state index is -0.726. The lowest BCUT2D eigenvalue weighted by Crippen LogP contribution is -2.33. The number of ether oxygens (including phenoxy) is 1. The Morgan fingerprint density at radius 2 is 2.35 bits per heavy atom. The molecule has 1 aromatic heterocycles. The Kier molecular flexibility index (Phi) is 4.74. The Morgan fingerprint density at radius 3 is 3.05 bits per heavy atom. The van der Waals surface area contributed by atoms with Crippen LogP contribution in [-0.4, -0.2) is 29.2 Å². The fourth-order valence-corrected chi connectivity index (χ4v) is 2.33. The lowest BCUT2D eigenvalue weighted by molar-refractivity contribution is -0.142. The van der Waals surface area contributed by atoms with Gasteiger partial charge < -0.3 is 15.2 Å². The summed E-state index contributed by atoms with van der Waals surface area (Å²) in [5.74, 6) is -0.388. The maximum absolute atomic E-state index is 11.0. The molecule has 5 heteroatoms. The van der Waals surface area contributed by atoms with Gasteiger partial charge in [0.15, 0.2) is 0 Å². The van der Waals surface area contributed by atoms with Crippen molar-refractivity contribution in [1.29, 1.82) is 0 Å². The van der Waals surface area contributed by atoms with Gasteiger partial charge in [0.2, 0.25) is 5.88 Å². The van der Waals surface area contributed by atoms with Crippen LogP contribution in [0.1, 0.15) is 24.1 Å². The number of carbonyl (C=O) groups is 1. The summed E-state index contributed by atoms with van der Waals surface area (Å²) >= 11 is 0. The molecule has 1 aliphatic carbocycles. The van der Waals surface area contributed by atoms with Crippen LogP contribution in [0.3, 0.4) is 0 Å². The molecule has 0 radical (unpaired) electrons. The smallest absolute Gasteiger partial charge is 0.306 e. The molecule has 0 saturated carbocycles. The lowest BCUT2D eigenvalue weighted by Gasteiger charge is -2.22. The van der Waals surface area contributed by atoms with Crippen LogP contribution in [-0.2, 0) is 11.3 Å². The summed E-state index contributed by atoms with van der Waals surface area (Å²) < 4.78 is 5.20. The largest absolute Gasteiger partial charge is 0.481 e. The lowest BCUT2D eigenvalue weighted by atomic mass is 9.91. The first-order valence-corrected chi connectivity index (χ1v) is 6.73. The highest BCUT2D eigenvalue weighted by Crippen LogP contribution is 2.19. The first kappa shape index (κ1) is 14.5. The third-order valence-electron chi connectivity index (χ3n) is 3.52. The van der Waals surface area contributed by atoms with Crippen LogP contribution in [0.5, 0.6) is 5.88 Å². The first-order valence-electron chi connectivity index (χ1n) is 6.73. The standard InChI is InChI=1S/C15H20N2O3/c1-10-6-7-13(17-14(10)20-2)9-16-12-5-3-4-11(8-12)15(18)19/h3,5-7,11-12,16H,4,8-9H2,1-2H3,(H,18,19)/t11-,12-/m0/s1. The van der Waals surface area contributed by atoms with E-state index in [1.165, 1.54) is 0 Å². The summed E-state index contributed by atoms with van der Waals surface area (Å²) in [5.41, 5.74) is 1.89. The van der Waals surface area contributed by atoms with Crippen molar-refractivity contribution in [2.24, 2.45) is 5.92 Å². The van der Waals surface area contributed by atoms with Crippen molar-refractivity contribution in [2.45, 2.75) is 32.4 Å². The van der Waals surface area contributed by atoms with Crippen molar-refractivity contribution >= 4 is 5.97 Å². The van der Waals surface area contributed by atoms with E-state index in [0.717, 1.165) is 11.3 Å². The highest BCUT2D eigenvalue weighted by molar-refractivity contribution is 5.70. The van der Waals surface area contributed by atoms with E-state index in [4.69, 9.17) is 9.84 Å². The van der Waals surface area contributed by atoms with Gasteiger partial charge in [0.1, 0.15) is 0 Å². The van der Waals surface area contributed by atoms with Crippen LogP contribution in [0.15, 0.2) is 24.3 Å². The van der Waals surface area contributed by atoms with Crippen molar-refractivity contribution in [3.8, 4) is 5.88 Å². The van der Waals surface area contributed by atoms with E-state index in [9.17, 15) is 4.79 Å². The molecule has 0 bridgehead atoms. The zero-order chi connectivity index (χ0) is 14.5. The van der Waals surface area contributed by atoms with Gasteiger partial charge >= 0.3 is 5.97 Å². The van der Waals surface area contributed by atoms with Crippen molar-refractivity contribution in [1.82, 2.24) is 10.3 Å². The van der Waals surface area contributed by atoms with Crippen molar-refractivity contribution < 1.29 is 14.6 Å². The van der Waals surface area contributed by atoms with E-state index in [0.29, 0.717) is 25.3 Å². The van der Waals surface area contributed by atoms with E-state index < -0.39 is 5.97 Å². The minimum Gasteiger partial charge on any atom is -0.481 e. The zero-order valence-corrected chi connectivity index (χ0v) is 11.8. The number of aryl methyl sites for hydroxylation is 1. The third kappa shape index (κ3) is 3.57. The van der Waals surface area contributed by atoms with Crippen LogP contribution in [0, 0.1) is 12.8 Å². The van der Waals surface area contributed by atoms with Gasteiger partial charge in [-0.2, -0.15) is 0 Å². The van der Waals surface area contributed by atoms with E-state index in [-0.39, 0.29) is 12.0 Å². The molecule has 0 aliphatic heterocycles. The molecule has 0 amide bonds. The maximum Gasteiger partial charge on any atom is 0.306 e. The number of aliphatic carboxylic acids is 1. The van der Waals surface area contributed by atoms with Crippen LogP contribution in [0.25, 0.3) is 0 Å². The fraction of sp³-hybridized carbons (Fsp3) is 0.467. The monoisotopic (exact) mass is 276 g/mol. The van der Waals surface area contributed by atoms with Crippen LogP contribution in [0.2, 0.25) is 0 Å². The summed E-state index contributed by atoms with van der Waals surface area (Å²) in [6.45, 7) is 2.54. The Labute approximate surface area is 118 Å². The zero-order valence-electron chi connectivity index (χ0n) is 11.8. The molecule has 2 rings (SSSR count). The number of nitrogens with zero attached hydrogens (tertiary/aromatic N) is 1. The molecule has 108 valence electrons. The number of allylic oxidation sites excluding steroid dienone is 1. The molecule has 1 aliphatic rings. The number of hydrogen-bond donors (Lipinski definition) is 2. The second kappa shape index (κ2) is 6.52. The fourth-order valence-electron chi connectivity index (χ4n) is 2.33. The van der Waals surface area contributed by atoms with Gasteiger partial charge in [-0.05, 0) is 25.8 Å². The van der Waals surface area contributed by atoms with Crippen molar-refractivity contribution in [3.63, 3.8) is 0 Å². The highest BCUT2D eigenvalue weighted by Gasteiger charge is 2.23. The molecule has 1 aromatic rings. The summed E-state index contributed by atoms with van der Waals surface area (Å²) in [4.78, 5) is 15.4.